The second kappa shape index (κ2) is 4.55. The molecule has 0 atom stereocenters. The summed E-state index contributed by atoms with van der Waals surface area (Å²) in [5.41, 5.74) is 0. The molecule has 5 nitrogen and oxygen atoms in total. The number of aromatic nitrogens is 2. The highest BCUT2D eigenvalue weighted by atomic mass is 32.1. The fourth-order valence-corrected chi connectivity index (χ4v) is 2.34. The molecule has 1 aromatic rings. The molecule has 6 heteroatoms. The van der Waals surface area contributed by atoms with Crippen LogP contribution in [0.1, 0.15) is 5.82 Å². The van der Waals surface area contributed by atoms with Crippen LogP contribution in [0.2, 0.25) is 0 Å². The second-order valence-corrected chi connectivity index (χ2v) is 4.28. The van der Waals surface area contributed by atoms with Gasteiger partial charge in [0.2, 0.25) is 5.13 Å². The maximum atomic E-state index is 8.58. The predicted molar refractivity (Wildman–Crippen MR) is 58.9 cm³/mol. The first-order valence-corrected chi connectivity index (χ1v) is 5.71. The van der Waals surface area contributed by atoms with Gasteiger partial charge < -0.3 is 4.90 Å². The van der Waals surface area contributed by atoms with E-state index in [0.717, 1.165) is 37.1 Å². The van der Waals surface area contributed by atoms with Crippen LogP contribution in [-0.4, -0.2) is 47.0 Å². The molecular weight excluding hydrogens is 210 g/mol. The molecule has 1 saturated heterocycles. The first-order chi connectivity index (χ1) is 7.29. The van der Waals surface area contributed by atoms with E-state index in [-0.39, 0.29) is 0 Å². The molecule has 1 aliphatic rings. The summed E-state index contributed by atoms with van der Waals surface area (Å²) in [5.74, 6) is 0.842. The highest BCUT2D eigenvalue weighted by Gasteiger charge is 2.18. The van der Waals surface area contributed by atoms with Gasteiger partial charge in [0.25, 0.3) is 0 Å². The highest BCUT2D eigenvalue weighted by molar-refractivity contribution is 7.09. The van der Waals surface area contributed by atoms with Crippen molar-refractivity contribution < 1.29 is 0 Å². The fourth-order valence-electron chi connectivity index (χ4n) is 1.61. The fraction of sp³-hybridized carbons (Fsp3) is 0.667. The van der Waals surface area contributed by atoms with Crippen molar-refractivity contribution in [3.05, 3.63) is 5.82 Å². The van der Waals surface area contributed by atoms with Gasteiger partial charge >= 0.3 is 0 Å². The predicted octanol–water partition coefficient (Wildman–Crippen LogP) is 0.492. The van der Waals surface area contributed by atoms with E-state index in [2.05, 4.69) is 25.2 Å². The number of hydrogen-bond acceptors (Lipinski definition) is 6. The monoisotopic (exact) mass is 223 g/mol. The van der Waals surface area contributed by atoms with Gasteiger partial charge in [0.1, 0.15) is 5.82 Å². The van der Waals surface area contributed by atoms with Crippen LogP contribution in [0.5, 0.6) is 0 Å². The number of hydrogen-bond donors (Lipinski definition) is 0. The largest absolute Gasteiger partial charge is 0.344 e. The molecule has 0 radical (unpaired) electrons. The third kappa shape index (κ3) is 2.43. The quantitative estimate of drug-likeness (QED) is 0.683. The zero-order valence-electron chi connectivity index (χ0n) is 8.68. The first kappa shape index (κ1) is 10.3. The molecular formula is C9H13N5S. The van der Waals surface area contributed by atoms with Crippen molar-refractivity contribution in [1.82, 2.24) is 14.3 Å². The van der Waals surface area contributed by atoms with Gasteiger partial charge in [-0.3, -0.25) is 4.90 Å². The van der Waals surface area contributed by atoms with Crippen LogP contribution in [0, 0.1) is 18.3 Å². The van der Waals surface area contributed by atoms with E-state index in [1.807, 2.05) is 6.92 Å². The van der Waals surface area contributed by atoms with E-state index < -0.39 is 0 Å². The number of nitriles is 1. The van der Waals surface area contributed by atoms with Crippen molar-refractivity contribution in [2.75, 3.05) is 37.6 Å². The van der Waals surface area contributed by atoms with Crippen molar-refractivity contribution in [2.24, 2.45) is 0 Å². The van der Waals surface area contributed by atoms with Crippen molar-refractivity contribution in [2.45, 2.75) is 6.92 Å². The van der Waals surface area contributed by atoms with Gasteiger partial charge in [0.15, 0.2) is 0 Å². The van der Waals surface area contributed by atoms with Gasteiger partial charge in [-0.1, -0.05) is 0 Å². The van der Waals surface area contributed by atoms with Crippen LogP contribution >= 0.6 is 11.5 Å². The summed E-state index contributed by atoms with van der Waals surface area (Å²) in [4.78, 5) is 8.75. The van der Waals surface area contributed by atoms with Gasteiger partial charge in [0, 0.05) is 37.7 Å². The lowest BCUT2D eigenvalue weighted by molar-refractivity contribution is 0.287. The molecule has 1 aromatic heterocycles. The van der Waals surface area contributed by atoms with Crippen LogP contribution in [0.25, 0.3) is 0 Å². The molecule has 1 fully saturated rings. The van der Waals surface area contributed by atoms with Gasteiger partial charge in [-0.05, 0) is 6.92 Å². The summed E-state index contributed by atoms with van der Waals surface area (Å²) in [6.07, 6.45) is 0. The molecule has 0 spiro atoms. The Balaban J connectivity index is 1.91. The van der Waals surface area contributed by atoms with Gasteiger partial charge in [0.05, 0.1) is 12.6 Å². The minimum Gasteiger partial charge on any atom is -0.344 e. The maximum absolute atomic E-state index is 8.58. The van der Waals surface area contributed by atoms with Crippen molar-refractivity contribution in [3.8, 4) is 6.07 Å². The number of aryl methyl sites for hydroxylation is 1. The van der Waals surface area contributed by atoms with Crippen LogP contribution in [0.3, 0.4) is 0 Å². The van der Waals surface area contributed by atoms with Crippen molar-refractivity contribution in [1.29, 1.82) is 5.26 Å². The topological polar surface area (TPSA) is 56.1 Å². The molecule has 2 heterocycles. The van der Waals surface area contributed by atoms with Crippen LogP contribution in [0.4, 0.5) is 5.13 Å². The normalized spacial score (nSPS) is 17.7. The average Bonchev–Trinajstić information content (AvgIpc) is 2.67. The van der Waals surface area contributed by atoms with E-state index >= 15 is 0 Å². The summed E-state index contributed by atoms with van der Waals surface area (Å²) in [6.45, 7) is 6.19. The Kier molecular flexibility index (Phi) is 3.14. The average molecular weight is 223 g/mol. The standard InChI is InChI=1S/C9H13N5S/c1-8-11-9(15-12-8)14-6-4-13(3-2-10)5-7-14/h3-7H2,1H3. The molecule has 15 heavy (non-hydrogen) atoms. The van der Waals surface area contributed by atoms with Gasteiger partial charge in [-0.15, -0.1) is 0 Å². The lowest BCUT2D eigenvalue weighted by Crippen LogP contribution is -2.46. The molecule has 0 unspecified atom stereocenters. The van der Waals surface area contributed by atoms with Crippen molar-refractivity contribution in [3.63, 3.8) is 0 Å². The van der Waals surface area contributed by atoms with E-state index in [0.29, 0.717) is 6.54 Å². The third-order valence-electron chi connectivity index (χ3n) is 2.45. The summed E-state index contributed by atoms with van der Waals surface area (Å²) in [7, 11) is 0. The summed E-state index contributed by atoms with van der Waals surface area (Å²) >= 11 is 1.45. The highest BCUT2D eigenvalue weighted by Crippen LogP contribution is 2.18. The third-order valence-corrected chi connectivity index (χ3v) is 3.32. The molecule has 0 saturated carbocycles. The van der Waals surface area contributed by atoms with E-state index in [4.69, 9.17) is 5.26 Å². The Morgan fingerprint density at radius 1 is 1.40 bits per heavy atom. The van der Waals surface area contributed by atoms with Crippen molar-refractivity contribution >= 4 is 16.7 Å². The Hall–Kier alpha value is -1.19. The molecule has 0 N–H and O–H groups in total. The minimum atomic E-state index is 0.531. The lowest BCUT2D eigenvalue weighted by Gasteiger charge is -2.32. The number of piperazine rings is 1. The SMILES string of the molecule is Cc1nsc(N2CCN(CC#N)CC2)n1. The molecule has 80 valence electrons. The summed E-state index contributed by atoms with van der Waals surface area (Å²) < 4.78 is 4.17. The minimum absolute atomic E-state index is 0.531. The Morgan fingerprint density at radius 3 is 2.67 bits per heavy atom. The molecule has 0 aromatic carbocycles. The van der Waals surface area contributed by atoms with Crippen LogP contribution < -0.4 is 4.90 Å². The number of nitrogens with zero attached hydrogens (tertiary/aromatic N) is 5. The lowest BCUT2D eigenvalue weighted by atomic mass is 10.3. The Labute approximate surface area is 93.1 Å². The summed E-state index contributed by atoms with van der Waals surface area (Å²) in [6, 6.07) is 2.18. The maximum Gasteiger partial charge on any atom is 0.205 e. The molecule has 0 bridgehead atoms. The van der Waals surface area contributed by atoms with E-state index in [1.165, 1.54) is 11.5 Å². The molecule has 1 aliphatic heterocycles. The zero-order valence-corrected chi connectivity index (χ0v) is 9.50. The molecule has 0 amide bonds. The second-order valence-electron chi connectivity index (χ2n) is 3.55. The number of anilines is 1. The Bertz CT molecular complexity index is 361. The first-order valence-electron chi connectivity index (χ1n) is 4.94. The smallest absolute Gasteiger partial charge is 0.205 e. The number of rotatable bonds is 2. The van der Waals surface area contributed by atoms with Gasteiger partial charge in [-0.25, -0.2) is 4.98 Å². The summed E-state index contributed by atoms with van der Waals surface area (Å²) in [5, 5.41) is 9.58. The Morgan fingerprint density at radius 2 is 2.13 bits per heavy atom. The van der Waals surface area contributed by atoms with Crippen LogP contribution in [-0.2, 0) is 0 Å². The van der Waals surface area contributed by atoms with E-state index in [1.54, 1.807) is 0 Å². The zero-order chi connectivity index (χ0) is 10.7. The van der Waals surface area contributed by atoms with E-state index in [9.17, 15) is 0 Å². The van der Waals surface area contributed by atoms with Crippen LogP contribution in [0.15, 0.2) is 0 Å². The molecule has 0 aliphatic carbocycles. The van der Waals surface area contributed by atoms with Gasteiger partial charge in [-0.2, -0.15) is 9.64 Å². The molecule has 2 rings (SSSR count).